The first-order chi connectivity index (χ1) is 14.9. The van der Waals surface area contributed by atoms with Crippen molar-refractivity contribution in [2.45, 2.75) is 39.9 Å². The van der Waals surface area contributed by atoms with E-state index in [-0.39, 0.29) is 11.0 Å². The number of aryl methyl sites for hydroxylation is 1. The van der Waals surface area contributed by atoms with E-state index in [1.165, 1.54) is 0 Å². The molecule has 1 atom stereocenters. The predicted molar refractivity (Wildman–Crippen MR) is 120 cm³/mol. The molecular formula is C24H25NO5S. The summed E-state index contributed by atoms with van der Waals surface area (Å²) in [5.41, 5.74) is 2.87. The van der Waals surface area contributed by atoms with Gasteiger partial charge in [-0.15, -0.1) is 0 Å². The summed E-state index contributed by atoms with van der Waals surface area (Å²) in [4.78, 5) is 38.2. The van der Waals surface area contributed by atoms with Gasteiger partial charge in [-0.05, 0) is 49.7 Å². The molecule has 31 heavy (non-hydrogen) atoms. The van der Waals surface area contributed by atoms with Gasteiger partial charge in [-0.25, -0.2) is 0 Å². The molecule has 0 aromatic heterocycles. The minimum Gasteiger partial charge on any atom is -0.488 e. The van der Waals surface area contributed by atoms with Crippen molar-refractivity contribution in [1.29, 1.82) is 0 Å². The first-order valence-corrected chi connectivity index (χ1v) is 10.9. The van der Waals surface area contributed by atoms with Crippen LogP contribution in [-0.2, 0) is 20.9 Å². The van der Waals surface area contributed by atoms with Crippen LogP contribution in [0.2, 0.25) is 0 Å². The number of rotatable bonds is 8. The van der Waals surface area contributed by atoms with Crippen molar-refractivity contribution in [2.24, 2.45) is 0 Å². The molecule has 0 bridgehead atoms. The molecule has 2 aromatic rings. The Morgan fingerprint density at radius 2 is 1.94 bits per heavy atom. The molecule has 162 valence electrons. The van der Waals surface area contributed by atoms with Crippen molar-refractivity contribution in [3.05, 3.63) is 70.1 Å². The molecule has 0 saturated carbocycles. The van der Waals surface area contributed by atoms with Crippen LogP contribution in [0.4, 0.5) is 4.79 Å². The summed E-state index contributed by atoms with van der Waals surface area (Å²) in [6.07, 6.45) is 2.02. The molecule has 0 aliphatic carbocycles. The number of hydrogen-bond acceptors (Lipinski definition) is 6. The first-order valence-electron chi connectivity index (χ1n) is 10.1. The van der Waals surface area contributed by atoms with Crippen LogP contribution in [0, 0.1) is 6.92 Å². The summed E-state index contributed by atoms with van der Waals surface area (Å²) in [6.45, 7) is 5.66. The van der Waals surface area contributed by atoms with Crippen LogP contribution in [0.25, 0.3) is 6.08 Å². The monoisotopic (exact) mass is 439 g/mol. The van der Waals surface area contributed by atoms with Gasteiger partial charge in [0.2, 0.25) is 0 Å². The number of benzene rings is 2. The topological polar surface area (TPSA) is 72.9 Å². The van der Waals surface area contributed by atoms with Gasteiger partial charge in [0.25, 0.3) is 11.1 Å². The highest BCUT2D eigenvalue weighted by Gasteiger charge is 2.37. The van der Waals surface area contributed by atoms with Crippen LogP contribution in [0.3, 0.4) is 0 Å². The van der Waals surface area contributed by atoms with Crippen molar-refractivity contribution in [2.75, 3.05) is 6.54 Å². The number of ether oxygens (including phenoxy) is 2. The van der Waals surface area contributed by atoms with Crippen molar-refractivity contribution in [3.8, 4) is 5.75 Å². The number of carbonyl (C=O) groups excluding carboxylic acids is 3. The molecule has 0 spiro atoms. The van der Waals surface area contributed by atoms with Crippen LogP contribution in [-0.4, -0.2) is 34.7 Å². The van der Waals surface area contributed by atoms with Crippen LogP contribution in [0.1, 0.15) is 37.0 Å². The quantitative estimate of drug-likeness (QED) is 0.428. The van der Waals surface area contributed by atoms with E-state index in [2.05, 4.69) is 0 Å². The molecule has 6 nitrogen and oxygen atoms in total. The normalized spacial score (nSPS) is 16.0. The fraction of sp³-hybridized carbons (Fsp3) is 0.292. The molecule has 1 heterocycles. The van der Waals surface area contributed by atoms with Gasteiger partial charge in [-0.2, -0.15) is 0 Å². The number of hydrogen-bond donors (Lipinski definition) is 0. The third kappa shape index (κ3) is 5.98. The lowest BCUT2D eigenvalue weighted by Gasteiger charge is -2.15. The summed E-state index contributed by atoms with van der Waals surface area (Å²) in [6, 6.07) is 15.3. The molecule has 2 aromatic carbocycles. The number of imide groups is 1. The maximum Gasteiger partial charge on any atom is 0.326 e. The van der Waals surface area contributed by atoms with Gasteiger partial charge in [0.05, 0.1) is 11.0 Å². The second-order valence-electron chi connectivity index (χ2n) is 7.29. The summed E-state index contributed by atoms with van der Waals surface area (Å²) in [5.74, 6) is -0.503. The summed E-state index contributed by atoms with van der Waals surface area (Å²) in [5, 5.41) is -0.490. The fourth-order valence-electron chi connectivity index (χ4n) is 2.95. The minimum atomic E-state index is -0.597. The fourth-order valence-corrected chi connectivity index (χ4v) is 3.78. The van der Waals surface area contributed by atoms with Gasteiger partial charge in [-0.3, -0.25) is 19.3 Å². The second-order valence-corrected chi connectivity index (χ2v) is 8.29. The summed E-state index contributed by atoms with van der Waals surface area (Å²) >= 11 is 0.804. The molecule has 1 fully saturated rings. The number of carbonyl (C=O) groups is 3. The first kappa shape index (κ1) is 22.6. The Labute approximate surface area is 186 Å². The lowest BCUT2D eigenvalue weighted by molar-refractivity contribution is -0.150. The lowest BCUT2D eigenvalue weighted by Crippen LogP contribution is -2.35. The predicted octanol–water partition coefficient (Wildman–Crippen LogP) is 4.95. The van der Waals surface area contributed by atoms with Gasteiger partial charge in [-0.1, -0.05) is 55.0 Å². The third-order valence-corrected chi connectivity index (χ3v) is 5.66. The van der Waals surface area contributed by atoms with E-state index >= 15 is 0 Å². The van der Waals surface area contributed by atoms with Crippen molar-refractivity contribution < 1.29 is 23.9 Å². The number of nitrogens with zero attached hydrogens (tertiary/aromatic N) is 1. The van der Waals surface area contributed by atoms with Gasteiger partial charge >= 0.3 is 5.97 Å². The molecule has 7 heteroatoms. The number of thioether (sulfide) groups is 1. The Bertz CT molecular complexity index is 1020. The van der Waals surface area contributed by atoms with Crippen molar-refractivity contribution >= 4 is 35.0 Å². The molecule has 0 radical (unpaired) electrons. The average molecular weight is 440 g/mol. The Kier molecular flexibility index (Phi) is 7.52. The Morgan fingerprint density at radius 3 is 2.68 bits per heavy atom. The number of esters is 1. The Balaban J connectivity index is 1.72. The number of amides is 2. The maximum atomic E-state index is 12.7. The third-order valence-electron chi connectivity index (χ3n) is 4.75. The highest BCUT2D eigenvalue weighted by atomic mass is 32.2. The Morgan fingerprint density at radius 1 is 1.16 bits per heavy atom. The van der Waals surface area contributed by atoms with Crippen LogP contribution in [0.15, 0.2) is 53.4 Å². The molecule has 1 aliphatic rings. The van der Waals surface area contributed by atoms with E-state index in [0.717, 1.165) is 27.8 Å². The van der Waals surface area contributed by atoms with Crippen molar-refractivity contribution in [3.63, 3.8) is 0 Å². The van der Waals surface area contributed by atoms with E-state index in [9.17, 15) is 14.4 Å². The minimum absolute atomic E-state index is 0.243. The average Bonchev–Trinajstić information content (AvgIpc) is 3.00. The largest absolute Gasteiger partial charge is 0.488 e. The van der Waals surface area contributed by atoms with Crippen LogP contribution >= 0.6 is 11.8 Å². The van der Waals surface area contributed by atoms with E-state index in [1.807, 2.05) is 62.4 Å². The van der Waals surface area contributed by atoms with Gasteiger partial charge in [0.15, 0.2) is 0 Å². The molecule has 0 unspecified atom stereocenters. The molecule has 0 N–H and O–H groups in total. The zero-order valence-electron chi connectivity index (χ0n) is 17.8. The standard InChI is InChI=1S/C24H25NO5S/c1-4-17(3)30-22(26)14-25-23(27)21(31-24(25)28)13-19-10-5-6-11-20(19)29-15-18-9-7-8-16(2)12-18/h5-13,17H,4,14-15H2,1-3H3/b21-13+/t17-/m1/s1. The van der Waals surface area contributed by atoms with E-state index in [0.29, 0.717) is 24.3 Å². The van der Waals surface area contributed by atoms with Gasteiger partial charge in [0.1, 0.15) is 18.9 Å². The maximum absolute atomic E-state index is 12.7. The zero-order valence-corrected chi connectivity index (χ0v) is 18.6. The van der Waals surface area contributed by atoms with E-state index < -0.39 is 23.7 Å². The van der Waals surface area contributed by atoms with E-state index in [4.69, 9.17) is 9.47 Å². The Hall–Kier alpha value is -3.06. The van der Waals surface area contributed by atoms with Crippen LogP contribution < -0.4 is 4.74 Å². The molecule has 1 saturated heterocycles. The molecule has 3 rings (SSSR count). The van der Waals surface area contributed by atoms with Gasteiger partial charge in [0, 0.05) is 5.56 Å². The molecule has 1 aliphatic heterocycles. The highest BCUT2D eigenvalue weighted by Crippen LogP contribution is 2.34. The summed E-state index contributed by atoms with van der Waals surface area (Å²) < 4.78 is 11.1. The lowest BCUT2D eigenvalue weighted by atomic mass is 10.1. The molecule has 2 amide bonds. The zero-order chi connectivity index (χ0) is 22.4. The number of para-hydroxylation sites is 1. The van der Waals surface area contributed by atoms with Crippen LogP contribution in [0.5, 0.6) is 5.75 Å². The SMILES string of the molecule is CC[C@@H](C)OC(=O)CN1C(=O)S/C(=C/c2ccccc2OCc2cccc(C)c2)C1=O. The van der Waals surface area contributed by atoms with Crippen molar-refractivity contribution in [1.82, 2.24) is 4.90 Å². The van der Waals surface area contributed by atoms with Gasteiger partial charge < -0.3 is 9.47 Å². The smallest absolute Gasteiger partial charge is 0.326 e. The second kappa shape index (κ2) is 10.3. The van der Waals surface area contributed by atoms with E-state index in [1.54, 1.807) is 13.0 Å². The summed E-state index contributed by atoms with van der Waals surface area (Å²) in [7, 11) is 0. The molecular weight excluding hydrogens is 414 g/mol. The highest BCUT2D eigenvalue weighted by molar-refractivity contribution is 8.18.